The number of H-pyrrole nitrogens is 1. The van der Waals surface area contributed by atoms with E-state index in [1.807, 2.05) is 28.9 Å². The maximum Gasteiger partial charge on any atom is 0.252 e. The molecule has 1 aliphatic heterocycles. The molecule has 1 saturated carbocycles. The number of hydrogen-bond acceptors (Lipinski definition) is 7. The maximum atomic E-state index is 13.1. The average molecular weight is 481 g/mol. The topological polar surface area (TPSA) is 98.2 Å². The van der Waals surface area contributed by atoms with Crippen LogP contribution in [0.2, 0.25) is 0 Å². The van der Waals surface area contributed by atoms with Gasteiger partial charge in [0.2, 0.25) is 0 Å². The van der Waals surface area contributed by atoms with E-state index < -0.39 is 0 Å². The second-order valence-electron chi connectivity index (χ2n) is 10.2. The van der Waals surface area contributed by atoms with Crippen molar-refractivity contribution in [1.82, 2.24) is 30.1 Å². The number of nitrogens with zero attached hydrogens (tertiary/aromatic N) is 5. The second kappa shape index (κ2) is 10.5. The summed E-state index contributed by atoms with van der Waals surface area (Å²) in [7, 11) is 1.66. The highest BCUT2D eigenvalue weighted by atomic mass is 16.5. The van der Waals surface area contributed by atoms with Crippen LogP contribution in [-0.2, 0) is 17.8 Å². The first-order valence-electron chi connectivity index (χ1n) is 12.9. The van der Waals surface area contributed by atoms with Gasteiger partial charge in [-0.3, -0.25) is 9.69 Å². The number of pyridine rings is 1. The zero-order chi connectivity index (χ0) is 24.4. The van der Waals surface area contributed by atoms with Gasteiger partial charge >= 0.3 is 0 Å². The van der Waals surface area contributed by atoms with Crippen LogP contribution in [0.25, 0.3) is 10.9 Å². The summed E-state index contributed by atoms with van der Waals surface area (Å²) in [5.74, 6) is 1.90. The third kappa shape index (κ3) is 5.11. The van der Waals surface area contributed by atoms with Gasteiger partial charge in [-0.05, 0) is 66.3 Å². The number of rotatable bonds is 9. The number of aromatic nitrogens is 5. The summed E-state index contributed by atoms with van der Waals surface area (Å²) < 4.78 is 13.2. The highest BCUT2D eigenvalue weighted by Crippen LogP contribution is 2.36. The SMILES string of the molecule is COc1ccc2[nH]c(=O)c(CN(C3CCCC3)[C@H](c3nnnn3C[C@@H]3CCCO3)C(C)C)cc2c1. The van der Waals surface area contributed by atoms with E-state index >= 15 is 0 Å². The Hall–Kier alpha value is -2.78. The number of ether oxygens (including phenoxy) is 2. The third-order valence-corrected chi connectivity index (χ3v) is 7.49. The van der Waals surface area contributed by atoms with Gasteiger partial charge in [-0.2, -0.15) is 0 Å². The first-order valence-corrected chi connectivity index (χ1v) is 12.9. The van der Waals surface area contributed by atoms with Gasteiger partial charge < -0.3 is 14.5 Å². The normalized spacial score (nSPS) is 19.9. The number of fused-ring (bicyclic) bond motifs is 1. The van der Waals surface area contributed by atoms with E-state index in [1.165, 1.54) is 12.8 Å². The van der Waals surface area contributed by atoms with Crippen LogP contribution in [0.3, 0.4) is 0 Å². The number of tetrazole rings is 1. The average Bonchev–Trinajstić information content (AvgIpc) is 3.63. The fraction of sp³-hybridized carbons (Fsp3) is 0.615. The van der Waals surface area contributed by atoms with E-state index in [-0.39, 0.29) is 23.6 Å². The van der Waals surface area contributed by atoms with Gasteiger partial charge in [0, 0.05) is 35.7 Å². The summed E-state index contributed by atoms with van der Waals surface area (Å²) in [5, 5.41) is 13.9. The zero-order valence-corrected chi connectivity index (χ0v) is 20.9. The molecule has 0 radical (unpaired) electrons. The Morgan fingerprint density at radius 1 is 1.20 bits per heavy atom. The quantitative estimate of drug-likeness (QED) is 0.497. The second-order valence-corrected chi connectivity index (χ2v) is 10.2. The fourth-order valence-electron chi connectivity index (χ4n) is 5.73. The predicted octanol–water partition coefficient (Wildman–Crippen LogP) is 3.84. The highest BCUT2D eigenvalue weighted by Gasteiger charge is 2.36. The minimum absolute atomic E-state index is 0.00471. The molecule has 1 N–H and O–H groups in total. The summed E-state index contributed by atoms with van der Waals surface area (Å²) >= 11 is 0. The Morgan fingerprint density at radius 2 is 2.03 bits per heavy atom. The molecule has 5 rings (SSSR count). The van der Waals surface area contributed by atoms with Gasteiger partial charge in [0.05, 0.1) is 25.8 Å². The largest absolute Gasteiger partial charge is 0.497 e. The van der Waals surface area contributed by atoms with Crippen molar-refractivity contribution in [2.45, 2.75) is 83.6 Å². The Balaban J connectivity index is 1.51. The Labute approximate surface area is 205 Å². The van der Waals surface area contributed by atoms with Crippen LogP contribution in [-0.4, -0.2) is 56.0 Å². The van der Waals surface area contributed by atoms with Gasteiger partial charge in [-0.25, -0.2) is 4.68 Å². The van der Waals surface area contributed by atoms with Crippen LogP contribution in [0.4, 0.5) is 0 Å². The smallest absolute Gasteiger partial charge is 0.252 e. The summed E-state index contributed by atoms with van der Waals surface area (Å²) in [5.41, 5.74) is 1.52. The van der Waals surface area contributed by atoms with Crippen molar-refractivity contribution in [3.05, 3.63) is 46.0 Å². The third-order valence-electron chi connectivity index (χ3n) is 7.49. The molecule has 1 saturated heterocycles. The van der Waals surface area contributed by atoms with E-state index in [9.17, 15) is 4.79 Å². The Bertz CT molecular complexity index is 1190. The number of methoxy groups -OCH3 is 1. The summed E-state index contributed by atoms with van der Waals surface area (Å²) in [4.78, 5) is 18.7. The van der Waals surface area contributed by atoms with Crippen LogP contribution in [0.15, 0.2) is 29.1 Å². The van der Waals surface area contributed by atoms with Crippen LogP contribution in [0.1, 0.15) is 69.8 Å². The summed E-state index contributed by atoms with van der Waals surface area (Å²) in [6, 6.07) is 8.11. The van der Waals surface area contributed by atoms with Gasteiger partial charge in [-0.15, -0.1) is 5.10 Å². The standard InChI is InChI=1S/C26H36N6O3/c1-17(2)24(25-28-29-30-32(25)16-22-9-6-12-35-22)31(20-7-4-5-8-20)15-19-13-18-14-21(34-3)10-11-23(18)27-26(19)33/h10-11,13-14,17,20,22,24H,4-9,12,15-16H2,1-3H3,(H,27,33)/t22-,24-/m0/s1. The molecule has 0 bridgehead atoms. The van der Waals surface area contributed by atoms with E-state index in [2.05, 4.69) is 39.3 Å². The van der Waals surface area contributed by atoms with Gasteiger partial charge in [0.15, 0.2) is 5.82 Å². The van der Waals surface area contributed by atoms with Crippen LogP contribution >= 0.6 is 0 Å². The van der Waals surface area contributed by atoms with E-state index in [1.54, 1.807) is 7.11 Å². The molecule has 0 amide bonds. The molecule has 2 aromatic heterocycles. The van der Waals surface area contributed by atoms with Crippen LogP contribution in [0.5, 0.6) is 5.75 Å². The van der Waals surface area contributed by atoms with Crippen LogP contribution in [0, 0.1) is 5.92 Å². The fourth-order valence-corrected chi connectivity index (χ4v) is 5.73. The molecule has 3 heterocycles. The lowest BCUT2D eigenvalue weighted by atomic mass is 9.97. The molecule has 188 valence electrons. The molecule has 2 aliphatic rings. The minimum Gasteiger partial charge on any atom is -0.497 e. The predicted molar refractivity (Wildman–Crippen MR) is 133 cm³/mol. The lowest BCUT2D eigenvalue weighted by Crippen LogP contribution is -2.41. The molecule has 35 heavy (non-hydrogen) atoms. The number of benzene rings is 1. The van der Waals surface area contributed by atoms with E-state index in [0.29, 0.717) is 19.1 Å². The molecule has 0 spiro atoms. The van der Waals surface area contributed by atoms with Crippen molar-refractivity contribution in [2.24, 2.45) is 5.92 Å². The van der Waals surface area contributed by atoms with Gasteiger partial charge in [0.1, 0.15) is 5.75 Å². The van der Waals surface area contributed by atoms with Crippen molar-refractivity contribution in [2.75, 3.05) is 13.7 Å². The summed E-state index contributed by atoms with van der Waals surface area (Å²) in [6.07, 6.45) is 6.93. The zero-order valence-electron chi connectivity index (χ0n) is 20.9. The molecule has 3 aromatic rings. The molecular formula is C26H36N6O3. The molecule has 2 fully saturated rings. The number of hydrogen-bond donors (Lipinski definition) is 1. The Morgan fingerprint density at radius 3 is 2.74 bits per heavy atom. The van der Waals surface area contributed by atoms with Crippen molar-refractivity contribution in [1.29, 1.82) is 0 Å². The lowest BCUT2D eigenvalue weighted by molar-refractivity contribution is 0.0718. The molecule has 1 aliphatic carbocycles. The van der Waals surface area contributed by atoms with Crippen molar-refractivity contribution in [3.63, 3.8) is 0 Å². The minimum atomic E-state index is -0.0490. The van der Waals surface area contributed by atoms with Crippen molar-refractivity contribution in [3.8, 4) is 5.75 Å². The molecule has 9 heteroatoms. The number of aromatic amines is 1. The molecular weight excluding hydrogens is 444 g/mol. The Kier molecular flexibility index (Phi) is 7.15. The van der Waals surface area contributed by atoms with Crippen LogP contribution < -0.4 is 10.3 Å². The first kappa shape index (κ1) is 23.9. The maximum absolute atomic E-state index is 13.1. The summed E-state index contributed by atoms with van der Waals surface area (Å²) in [6.45, 7) is 6.45. The van der Waals surface area contributed by atoms with E-state index in [4.69, 9.17) is 9.47 Å². The van der Waals surface area contributed by atoms with Crippen molar-refractivity contribution >= 4 is 10.9 Å². The molecule has 9 nitrogen and oxygen atoms in total. The first-order chi connectivity index (χ1) is 17.0. The van der Waals surface area contributed by atoms with E-state index in [0.717, 1.165) is 60.3 Å². The lowest BCUT2D eigenvalue weighted by Gasteiger charge is -2.38. The van der Waals surface area contributed by atoms with Crippen molar-refractivity contribution < 1.29 is 9.47 Å². The van der Waals surface area contributed by atoms with Gasteiger partial charge in [-0.1, -0.05) is 26.7 Å². The molecule has 1 aromatic carbocycles. The monoisotopic (exact) mass is 480 g/mol. The van der Waals surface area contributed by atoms with Gasteiger partial charge in [0.25, 0.3) is 5.56 Å². The highest BCUT2D eigenvalue weighted by molar-refractivity contribution is 5.80. The molecule has 0 unspecified atom stereocenters. The molecule has 2 atom stereocenters. The number of nitrogens with one attached hydrogen (secondary N) is 1.